The third-order valence-electron chi connectivity index (χ3n) is 5.16. The molecule has 7 heteroatoms. The van der Waals surface area contributed by atoms with E-state index in [2.05, 4.69) is 40.9 Å². The van der Waals surface area contributed by atoms with Crippen LogP contribution in [0.3, 0.4) is 0 Å². The van der Waals surface area contributed by atoms with Crippen molar-refractivity contribution in [2.45, 2.75) is 32.7 Å². The molecule has 0 saturated heterocycles. The normalized spacial score (nSPS) is 11.2. The van der Waals surface area contributed by atoms with Crippen molar-refractivity contribution in [3.8, 4) is 28.6 Å². The second-order valence-corrected chi connectivity index (χ2v) is 7.84. The number of aromatic nitrogens is 6. The Labute approximate surface area is 176 Å². The van der Waals surface area contributed by atoms with E-state index < -0.39 is 0 Å². The molecule has 4 aromatic rings. The van der Waals surface area contributed by atoms with E-state index in [9.17, 15) is 5.26 Å². The quantitative estimate of drug-likeness (QED) is 0.492. The SMILES string of the molecule is CC(C)c1nc(-c2cnn(C)c2)c(-c2ccc(C#N)cc2)n1CCc1cnn(C)c1. The highest BCUT2D eigenvalue weighted by molar-refractivity contribution is 5.79. The van der Waals surface area contributed by atoms with Crippen LogP contribution in [0.5, 0.6) is 0 Å². The van der Waals surface area contributed by atoms with Gasteiger partial charge in [-0.15, -0.1) is 0 Å². The topological polar surface area (TPSA) is 77.2 Å². The molecule has 0 spiro atoms. The highest BCUT2D eigenvalue weighted by Gasteiger charge is 2.22. The van der Waals surface area contributed by atoms with Gasteiger partial charge in [0.25, 0.3) is 0 Å². The highest BCUT2D eigenvalue weighted by atomic mass is 15.2. The summed E-state index contributed by atoms with van der Waals surface area (Å²) < 4.78 is 5.93. The summed E-state index contributed by atoms with van der Waals surface area (Å²) in [5.74, 6) is 1.30. The van der Waals surface area contributed by atoms with Crippen LogP contribution in [0, 0.1) is 11.3 Å². The minimum absolute atomic E-state index is 0.265. The van der Waals surface area contributed by atoms with Crippen LogP contribution >= 0.6 is 0 Å². The Kier molecular flexibility index (Phi) is 5.23. The lowest BCUT2D eigenvalue weighted by Gasteiger charge is -2.14. The van der Waals surface area contributed by atoms with Crippen molar-refractivity contribution in [2.24, 2.45) is 14.1 Å². The van der Waals surface area contributed by atoms with Crippen LogP contribution in [-0.4, -0.2) is 29.1 Å². The average molecular weight is 400 g/mol. The van der Waals surface area contributed by atoms with Gasteiger partial charge in [-0.25, -0.2) is 4.98 Å². The van der Waals surface area contributed by atoms with E-state index in [0.29, 0.717) is 5.56 Å². The first-order valence-electron chi connectivity index (χ1n) is 10.0. The summed E-state index contributed by atoms with van der Waals surface area (Å²) >= 11 is 0. The van der Waals surface area contributed by atoms with Crippen molar-refractivity contribution in [3.63, 3.8) is 0 Å². The molecule has 30 heavy (non-hydrogen) atoms. The average Bonchev–Trinajstić information content (AvgIpc) is 3.44. The molecule has 0 radical (unpaired) electrons. The summed E-state index contributed by atoms with van der Waals surface area (Å²) in [6, 6.07) is 9.91. The molecule has 0 aliphatic heterocycles. The van der Waals surface area contributed by atoms with Crippen molar-refractivity contribution in [1.29, 1.82) is 5.26 Å². The van der Waals surface area contributed by atoms with Crippen LogP contribution in [0.4, 0.5) is 0 Å². The molecule has 0 aliphatic rings. The lowest BCUT2D eigenvalue weighted by molar-refractivity contribution is 0.624. The van der Waals surface area contributed by atoms with Crippen molar-refractivity contribution < 1.29 is 0 Å². The molecule has 0 unspecified atom stereocenters. The fourth-order valence-electron chi connectivity index (χ4n) is 3.72. The Morgan fingerprint density at radius 3 is 2.23 bits per heavy atom. The van der Waals surface area contributed by atoms with E-state index in [4.69, 9.17) is 4.98 Å². The number of nitriles is 1. The lowest BCUT2D eigenvalue weighted by atomic mass is 10.0. The standard InChI is InChI=1S/C23H25N7/c1-16(2)23-27-21(20-13-26-29(4)15-20)22(19-7-5-17(11-24)6-8-19)30(23)10-9-18-12-25-28(3)14-18/h5-8,12-16H,9-10H2,1-4H3. The van der Waals surface area contributed by atoms with Gasteiger partial charge in [0.1, 0.15) is 5.82 Å². The molecular formula is C23H25N7. The van der Waals surface area contributed by atoms with Crippen molar-refractivity contribution in [3.05, 3.63) is 66.0 Å². The van der Waals surface area contributed by atoms with Crippen LogP contribution in [-0.2, 0) is 27.1 Å². The molecule has 0 saturated carbocycles. The van der Waals surface area contributed by atoms with Crippen LogP contribution < -0.4 is 0 Å². The van der Waals surface area contributed by atoms with Gasteiger partial charge in [0.2, 0.25) is 0 Å². The van der Waals surface area contributed by atoms with Gasteiger partial charge in [0.15, 0.2) is 0 Å². The van der Waals surface area contributed by atoms with E-state index >= 15 is 0 Å². The summed E-state index contributed by atoms with van der Waals surface area (Å²) in [6.07, 6.45) is 8.67. The smallest absolute Gasteiger partial charge is 0.112 e. The van der Waals surface area contributed by atoms with Crippen molar-refractivity contribution in [1.82, 2.24) is 29.1 Å². The molecule has 3 heterocycles. The fraction of sp³-hybridized carbons (Fsp3) is 0.304. The van der Waals surface area contributed by atoms with Crippen molar-refractivity contribution >= 4 is 0 Å². The zero-order chi connectivity index (χ0) is 21.3. The van der Waals surface area contributed by atoms with Crippen LogP contribution in [0.2, 0.25) is 0 Å². The van der Waals surface area contributed by atoms with Gasteiger partial charge in [-0.2, -0.15) is 15.5 Å². The van der Waals surface area contributed by atoms with Crippen molar-refractivity contribution in [2.75, 3.05) is 0 Å². The van der Waals surface area contributed by atoms with E-state index in [1.807, 2.05) is 61.6 Å². The molecule has 7 nitrogen and oxygen atoms in total. The number of hydrogen-bond donors (Lipinski definition) is 0. The zero-order valence-corrected chi connectivity index (χ0v) is 17.7. The number of benzene rings is 1. The van der Waals surface area contributed by atoms with Gasteiger partial charge in [-0.1, -0.05) is 26.0 Å². The van der Waals surface area contributed by atoms with E-state index in [-0.39, 0.29) is 5.92 Å². The summed E-state index contributed by atoms with van der Waals surface area (Å²) in [6.45, 7) is 5.12. The molecule has 0 N–H and O–H groups in total. The Hall–Kier alpha value is -3.66. The predicted octanol–water partition coefficient (Wildman–Crippen LogP) is 3.92. The van der Waals surface area contributed by atoms with Gasteiger partial charge in [-0.05, 0) is 24.1 Å². The molecule has 4 rings (SSSR count). The molecule has 0 fully saturated rings. The summed E-state index contributed by atoms with van der Waals surface area (Å²) in [4.78, 5) is 5.05. The number of hydrogen-bond acceptors (Lipinski definition) is 4. The van der Waals surface area contributed by atoms with Gasteiger partial charge in [0.05, 0.1) is 35.4 Å². The summed E-state index contributed by atoms with van der Waals surface area (Å²) in [7, 11) is 3.84. The third kappa shape index (κ3) is 3.77. The van der Waals surface area contributed by atoms with Crippen LogP contribution in [0.15, 0.2) is 49.1 Å². The molecule has 0 amide bonds. The number of nitrogens with zero attached hydrogens (tertiary/aromatic N) is 7. The second-order valence-electron chi connectivity index (χ2n) is 7.84. The van der Waals surface area contributed by atoms with E-state index in [1.165, 1.54) is 5.56 Å². The number of aryl methyl sites for hydroxylation is 3. The molecule has 0 atom stereocenters. The molecule has 0 bridgehead atoms. The third-order valence-corrected chi connectivity index (χ3v) is 5.16. The first kappa shape index (κ1) is 19.6. The van der Waals surface area contributed by atoms with E-state index in [0.717, 1.165) is 41.3 Å². The van der Waals surface area contributed by atoms with Gasteiger partial charge < -0.3 is 4.57 Å². The summed E-state index contributed by atoms with van der Waals surface area (Å²) in [5.41, 5.74) is 5.84. The van der Waals surface area contributed by atoms with Crippen LogP contribution in [0.1, 0.15) is 36.7 Å². The van der Waals surface area contributed by atoms with Gasteiger partial charge in [-0.3, -0.25) is 9.36 Å². The molecular weight excluding hydrogens is 374 g/mol. The van der Waals surface area contributed by atoms with Gasteiger partial charge in [0, 0.05) is 50.1 Å². The number of imidazole rings is 1. The zero-order valence-electron chi connectivity index (χ0n) is 17.7. The Balaban J connectivity index is 1.86. The molecule has 3 aromatic heterocycles. The maximum Gasteiger partial charge on any atom is 0.112 e. The van der Waals surface area contributed by atoms with E-state index in [1.54, 1.807) is 4.68 Å². The minimum Gasteiger partial charge on any atom is -0.327 e. The Bertz CT molecular complexity index is 1200. The lowest BCUT2D eigenvalue weighted by Crippen LogP contribution is -2.09. The van der Waals surface area contributed by atoms with Crippen LogP contribution in [0.25, 0.3) is 22.5 Å². The second kappa shape index (κ2) is 7.99. The number of rotatable bonds is 6. The molecule has 0 aliphatic carbocycles. The molecule has 152 valence electrons. The maximum absolute atomic E-state index is 9.19. The molecule has 1 aromatic carbocycles. The highest BCUT2D eigenvalue weighted by Crippen LogP contribution is 2.35. The monoisotopic (exact) mass is 399 g/mol. The van der Waals surface area contributed by atoms with Gasteiger partial charge >= 0.3 is 0 Å². The summed E-state index contributed by atoms with van der Waals surface area (Å²) in [5, 5.41) is 17.8. The minimum atomic E-state index is 0.265. The first-order valence-corrected chi connectivity index (χ1v) is 10.0. The first-order chi connectivity index (χ1) is 14.5. The maximum atomic E-state index is 9.19. The Morgan fingerprint density at radius 1 is 0.967 bits per heavy atom. The fourth-order valence-corrected chi connectivity index (χ4v) is 3.72. The largest absolute Gasteiger partial charge is 0.327 e. The predicted molar refractivity (Wildman–Crippen MR) is 116 cm³/mol. The Morgan fingerprint density at radius 2 is 1.67 bits per heavy atom.